The minimum atomic E-state index is 0.884. The first-order valence-corrected chi connectivity index (χ1v) is 18.1. The summed E-state index contributed by atoms with van der Waals surface area (Å²) in [4.78, 5) is 2.40. The van der Waals surface area contributed by atoms with Gasteiger partial charge in [-0.1, -0.05) is 133 Å². The minimum absolute atomic E-state index is 0.884. The van der Waals surface area contributed by atoms with Crippen molar-refractivity contribution in [1.82, 2.24) is 0 Å². The lowest BCUT2D eigenvalue weighted by atomic mass is 9.97. The Balaban J connectivity index is 1.25. The molecule has 8 aromatic carbocycles. The molecule has 3 heteroatoms. The molecule has 0 saturated heterocycles. The number of anilines is 3. The number of fused-ring (bicyclic) bond motifs is 7. The van der Waals surface area contributed by atoms with Crippen LogP contribution < -0.4 is 4.90 Å². The Kier molecular flexibility index (Phi) is 7.04. The first kappa shape index (κ1) is 29.5. The summed E-state index contributed by atoms with van der Waals surface area (Å²) in [5, 5.41) is 4.81. The minimum Gasteiger partial charge on any atom is -0.456 e. The second-order valence-corrected chi connectivity index (χ2v) is 14.0. The lowest BCUT2D eigenvalue weighted by molar-refractivity contribution is 0.669. The van der Waals surface area contributed by atoms with Crippen molar-refractivity contribution in [3.05, 3.63) is 188 Å². The van der Waals surface area contributed by atoms with E-state index in [9.17, 15) is 0 Å². The van der Waals surface area contributed by atoms with Gasteiger partial charge in [-0.3, -0.25) is 0 Å². The van der Waals surface area contributed by atoms with Gasteiger partial charge in [-0.25, -0.2) is 0 Å². The number of nitrogens with zero attached hydrogens (tertiary/aromatic N) is 1. The summed E-state index contributed by atoms with van der Waals surface area (Å²) in [6.07, 6.45) is 0. The largest absolute Gasteiger partial charge is 0.456 e. The van der Waals surface area contributed by atoms with Crippen molar-refractivity contribution in [1.29, 1.82) is 0 Å². The molecule has 0 aliphatic heterocycles. The van der Waals surface area contributed by atoms with E-state index >= 15 is 0 Å². The first-order chi connectivity index (χ1) is 25.3. The summed E-state index contributed by atoms with van der Waals surface area (Å²) in [7, 11) is 0. The average Bonchev–Trinajstić information content (AvgIpc) is 3.77. The third kappa shape index (κ3) is 5.10. The molecule has 0 amide bonds. The van der Waals surface area contributed by atoms with Crippen molar-refractivity contribution in [3.8, 4) is 33.4 Å². The molecular weight excluding hydrogens is 639 g/mol. The van der Waals surface area contributed by atoms with Crippen LogP contribution in [-0.4, -0.2) is 0 Å². The normalized spacial score (nSPS) is 11.5. The lowest BCUT2D eigenvalue weighted by Gasteiger charge is -2.28. The molecule has 0 aliphatic rings. The van der Waals surface area contributed by atoms with Gasteiger partial charge in [0.1, 0.15) is 11.2 Å². The fourth-order valence-electron chi connectivity index (χ4n) is 7.44. The van der Waals surface area contributed by atoms with Crippen LogP contribution in [-0.2, 0) is 0 Å². The van der Waals surface area contributed by atoms with E-state index in [1.807, 2.05) is 11.3 Å². The molecule has 0 unspecified atom stereocenters. The van der Waals surface area contributed by atoms with Crippen molar-refractivity contribution in [2.75, 3.05) is 4.90 Å². The summed E-state index contributed by atoms with van der Waals surface area (Å²) in [6, 6.07) is 67.3. The maximum Gasteiger partial charge on any atom is 0.136 e. The number of furan rings is 1. The van der Waals surface area contributed by atoms with Gasteiger partial charge in [0.25, 0.3) is 0 Å². The van der Waals surface area contributed by atoms with Crippen molar-refractivity contribution in [3.63, 3.8) is 0 Å². The molecule has 2 heterocycles. The second-order valence-electron chi connectivity index (χ2n) is 12.9. The zero-order valence-corrected chi connectivity index (χ0v) is 28.5. The summed E-state index contributed by atoms with van der Waals surface area (Å²) in [5.41, 5.74) is 12.0. The highest BCUT2D eigenvalue weighted by molar-refractivity contribution is 7.26. The molecule has 0 aliphatic carbocycles. The van der Waals surface area contributed by atoms with E-state index in [1.165, 1.54) is 47.8 Å². The predicted octanol–water partition coefficient (Wildman–Crippen LogP) is 14.4. The van der Waals surface area contributed by atoms with E-state index < -0.39 is 0 Å². The molecule has 0 fully saturated rings. The second kappa shape index (κ2) is 12.2. The topological polar surface area (TPSA) is 16.4 Å². The van der Waals surface area contributed by atoms with Gasteiger partial charge in [0, 0.05) is 47.9 Å². The summed E-state index contributed by atoms with van der Waals surface area (Å²) >= 11 is 1.84. The molecule has 0 bridgehead atoms. The SMILES string of the molecule is c1ccc(-c2ccc(N(c3ccc(-c4ccccc4)cc3)c3cc4c(cc3-c3ccccc3)oc3ccc5sc6ccccc6c5c34)cc2)cc1. The first-order valence-electron chi connectivity index (χ1n) is 17.3. The Bertz CT molecular complexity index is 2730. The molecule has 10 rings (SSSR count). The number of thiophene rings is 1. The van der Waals surface area contributed by atoms with E-state index in [4.69, 9.17) is 4.42 Å². The summed E-state index contributed by atoms with van der Waals surface area (Å²) < 4.78 is 9.26. The third-order valence-electron chi connectivity index (χ3n) is 9.88. The van der Waals surface area contributed by atoms with Crippen molar-refractivity contribution < 1.29 is 4.42 Å². The van der Waals surface area contributed by atoms with Crippen LogP contribution in [0.1, 0.15) is 0 Å². The van der Waals surface area contributed by atoms with Gasteiger partial charge in [0.05, 0.1) is 5.69 Å². The Labute approximate surface area is 300 Å². The zero-order valence-electron chi connectivity index (χ0n) is 27.7. The van der Waals surface area contributed by atoms with Crippen LogP contribution in [0.15, 0.2) is 192 Å². The third-order valence-corrected chi connectivity index (χ3v) is 11.0. The van der Waals surface area contributed by atoms with E-state index in [1.54, 1.807) is 0 Å². The highest BCUT2D eigenvalue weighted by Gasteiger charge is 2.22. The maximum absolute atomic E-state index is 6.70. The van der Waals surface area contributed by atoms with Crippen LogP contribution in [0.4, 0.5) is 17.1 Å². The van der Waals surface area contributed by atoms with Crippen LogP contribution in [0.2, 0.25) is 0 Å². The fraction of sp³-hybridized carbons (Fsp3) is 0. The Morgan fingerprint density at radius 2 is 0.902 bits per heavy atom. The summed E-state index contributed by atoms with van der Waals surface area (Å²) in [5.74, 6) is 0. The molecule has 0 N–H and O–H groups in total. The number of hydrogen-bond donors (Lipinski definition) is 0. The molecule has 240 valence electrons. The average molecular weight is 670 g/mol. The molecule has 51 heavy (non-hydrogen) atoms. The van der Waals surface area contributed by atoms with E-state index in [0.29, 0.717) is 0 Å². The lowest BCUT2D eigenvalue weighted by Crippen LogP contribution is -2.11. The molecule has 10 aromatic rings. The van der Waals surface area contributed by atoms with Gasteiger partial charge in [0.15, 0.2) is 0 Å². The quantitative estimate of drug-likeness (QED) is 0.175. The van der Waals surface area contributed by atoms with E-state index in [0.717, 1.165) is 44.7 Å². The highest BCUT2D eigenvalue weighted by atomic mass is 32.1. The van der Waals surface area contributed by atoms with Crippen LogP contribution in [0.3, 0.4) is 0 Å². The van der Waals surface area contributed by atoms with Gasteiger partial charge in [-0.2, -0.15) is 0 Å². The monoisotopic (exact) mass is 669 g/mol. The Hall–Kier alpha value is -6.42. The Morgan fingerprint density at radius 1 is 0.373 bits per heavy atom. The molecule has 0 spiro atoms. The zero-order chi connectivity index (χ0) is 33.7. The fourth-order valence-corrected chi connectivity index (χ4v) is 8.56. The highest BCUT2D eigenvalue weighted by Crippen LogP contribution is 2.48. The van der Waals surface area contributed by atoms with Gasteiger partial charge < -0.3 is 9.32 Å². The van der Waals surface area contributed by atoms with Gasteiger partial charge in [-0.15, -0.1) is 11.3 Å². The van der Waals surface area contributed by atoms with Gasteiger partial charge in [0.2, 0.25) is 0 Å². The summed E-state index contributed by atoms with van der Waals surface area (Å²) in [6.45, 7) is 0. The molecule has 2 nitrogen and oxygen atoms in total. The standard InChI is InChI=1S/C48H31NOS/c1-4-12-32(13-5-1)34-20-24-37(25-21-34)49(38-26-22-35(23-27-38)33-14-6-2-7-15-33)42-30-41-44(31-40(42)36-16-8-3-9-17-36)50-43-28-29-46-48(47(41)43)39-18-10-11-19-45(39)51-46/h1-31H. The Morgan fingerprint density at radius 3 is 1.51 bits per heavy atom. The van der Waals surface area contributed by atoms with Crippen LogP contribution in [0.25, 0.3) is 75.5 Å². The molecular formula is C48H31NOS. The predicted molar refractivity (Wildman–Crippen MR) is 218 cm³/mol. The smallest absolute Gasteiger partial charge is 0.136 e. The van der Waals surface area contributed by atoms with Crippen molar-refractivity contribution in [2.45, 2.75) is 0 Å². The number of rotatable bonds is 6. The van der Waals surface area contributed by atoms with Crippen molar-refractivity contribution >= 4 is 70.5 Å². The van der Waals surface area contributed by atoms with Crippen LogP contribution >= 0.6 is 11.3 Å². The molecule has 0 radical (unpaired) electrons. The van der Waals surface area contributed by atoms with Gasteiger partial charge in [-0.05, 0) is 82.4 Å². The van der Waals surface area contributed by atoms with Crippen LogP contribution in [0, 0.1) is 0 Å². The van der Waals surface area contributed by atoms with E-state index in [2.05, 4.69) is 193 Å². The molecule has 0 atom stereocenters. The van der Waals surface area contributed by atoms with Crippen LogP contribution in [0.5, 0.6) is 0 Å². The van der Waals surface area contributed by atoms with E-state index in [-0.39, 0.29) is 0 Å². The number of benzene rings is 8. The molecule has 0 saturated carbocycles. The van der Waals surface area contributed by atoms with Gasteiger partial charge >= 0.3 is 0 Å². The maximum atomic E-state index is 6.70. The molecule has 2 aromatic heterocycles. The number of hydrogen-bond acceptors (Lipinski definition) is 3. The van der Waals surface area contributed by atoms with Crippen molar-refractivity contribution in [2.24, 2.45) is 0 Å².